The fourth-order valence-electron chi connectivity index (χ4n) is 9.57. The molecule has 2 aliphatic heterocycles. The number of hydrogen-bond acceptors (Lipinski definition) is 5. The van der Waals surface area contributed by atoms with Crippen LogP contribution >= 0.6 is 0 Å². The van der Waals surface area contributed by atoms with Gasteiger partial charge >= 0.3 is 0 Å². The van der Waals surface area contributed by atoms with Crippen molar-refractivity contribution in [3.63, 3.8) is 0 Å². The zero-order chi connectivity index (χ0) is 37.7. The summed E-state index contributed by atoms with van der Waals surface area (Å²) in [5.74, 6) is 1.23. The molecule has 5 nitrogen and oxygen atoms in total. The molecule has 0 saturated heterocycles. The molecule has 0 atom stereocenters. The van der Waals surface area contributed by atoms with Gasteiger partial charge in [-0.15, -0.1) is 0 Å². The molecule has 2 aromatic heterocycles. The lowest BCUT2D eigenvalue weighted by Gasteiger charge is -2.45. The minimum Gasteiger partial charge on any atom is -0.311 e. The van der Waals surface area contributed by atoms with E-state index in [1.807, 2.05) is 36.9 Å². The summed E-state index contributed by atoms with van der Waals surface area (Å²) in [5.41, 5.74) is 18.2. The molecule has 8 aromatic rings. The van der Waals surface area contributed by atoms with Gasteiger partial charge in [0, 0.05) is 64.5 Å². The van der Waals surface area contributed by atoms with Gasteiger partial charge < -0.3 is 9.80 Å². The van der Waals surface area contributed by atoms with Gasteiger partial charge in [-0.2, -0.15) is 0 Å². The lowest BCUT2D eigenvalue weighted by atomic mass is 9.33. The summed E-state index contributed by atoms with van der Waals surface area (Å²) in [6, 6.07) is 55.8. The van der Waals surface area contributed by atoms with E-state index in [0.717, 1.165) is 33.9 Å². The molecule has 0 amide bonds. The van der Waals surface area contributed by atoms with Crippen LogP contribution in [0.15, 0.2) is 176 Å². The van der Waals surface area contributed by atoms with E-state index in [-0.39, 0.29) is 6.71 Å². The van der Waals surface area contributed by atoms with Crippen molar-refractivity contribution in [2.75, 3.05) is 9.80 Å². The average molecular weight is 734 g/mol. The predicted octanol–water partition coefficient (Wildman–Crippen LogP) is 11.0. The van der Waals surface area contributed by atoms with E-state index in [4.69, 9.17) is 0 Å². The first-order valence-electron chi connectivity index (χ1n) is 20.2. The molecule has 1 fully saturated rings. The third-order valence-electron chi connectivity index (χ3n) is 12.2. The number of aromatic nitrogens is 3. The zero-order valence-corrected chi connectivity index (χ0v) is 31.7. The van der Waals surface area contributed by atoms with Gasteiger partial charge in [-0.1, -0.05) is 110 Å². The van der Waals surface area contributed by atoms with Gasteiger partial charge in [-0.25, -0.2) is 9.97 Å². The van der Waals surface area contributed by atoms with Crippen molar-refractivity contribution in [3.05, 3.63) is 182 Å². The third kappa shape index (κ3) is 5.83. The van der Waals surface area contributed by atoms with E-state index < -0.39 is 0 Å². The Morgan fingerprint density at radius 1 is 0.456 bits per heavy atom. The van der Waals surface area contributed by atoms with Crippen LogP contribution in [-0.2, 0) is 0 Å². The van der Waals surface area contributed by atoms with E-state index in [9.17, 15) is 0 Å². The summed E-state index contributed by atoms with van der Waals surface area (Å²) in [5, 5.41) is 0. The highest BCUT2D eigenvalue weighted by atomic mass is 15.2. The molecule has 6 heteroatoms. The van der Waals surface area contributed by atoms with E-state index in [1.54, 1.807) is 0 Å². The molecule has 4 heterocycles. The maximum absolute atomic E-state index is 4.66. The van der Waals surface area contributed by atoms with Gasteiger partial charge in [-0.3, -0.25) is 4.98 Å². The highest BCUT2D eigenvalue weighted by Gasteiger charge is 2.44. The molecule has 11 rings (SSSR count). The second kappa shape index (κ2) is 14.1. The van der Waals surface area contributed by atoms with Crippen LogP contribution in [0.5, 0.6) is 0 Å². The Morgan fingerprint density at radius 3 is 1.93 bits per heavy atom. The summed E-state index contributed by atoms with van der Waals surface area (Å²) in [4.78, 5) is 18.8. The summed E-state index contributed by atoms with van der Waals surface area (Å²) >= 11 is 0. The molecule has 0 N–H and O–H groups in total. The normalized spacial score (nSPS) is 14.5. The van der Waals surface area contributed by atoms with Crippen LogP contribution < -0.4 is 26.2 Å². The lowest BCUT2D eigenvalue weighted by Crippen LogP contribution is -2.61. The Morgan fingerprint density at radius 2 is 1.14 bits per heavy atom. The molecule has 6 aromatic carbocycles. The number of benzene rings is 6. The standard InChI is InChI=1S/C51H40BN5/c1-3-12-35(13-4-1)38-23-26-45-47(31-38)57(43-18-9-16-39(30-43)51-54-28-11-29-55-51)49-33-41(36-14-5-2-6-15-36)32-48-50(49)52(45)44-19-7-8-20-46(44)56(48)42-24-21-37(22-25-42)40-17-10-27-53-34-40/h1,3-4,7-13,16-34,36H,2,5-6,14-15H2. The molecule has 57 heavy (non-hydrogen) atoms. The summed E-state index contributed by atoms with van der Waals surface area (Å²) in [6.07, 6.45) is 13.7. The Balaban J connectivity index is 1.18. The van der Waals surface area contributed by atoms with Crippen LogP contribution in [-0.4, -0.2) is 21.7 Å². The zero-order valence-electron chi connectivity index (χ0n) is 31.7. The molecule has 1 saturated carbocycles. The minimum atomic E-state index is 0.0502. The van der Waals surface area contributed by atoms with Crippen molar-refractivity contribution in [3.8, 4) is 33.6 Å². The Hall–Kier alpha value is -6.79. The third-order valence-corrected chi connectivity index (χ3v) is 12.2. The number of nitrogens with zero attached hydrogens (tertiary/aromatic N) is 5. The second-order valence-corrected chi connectivity index (χ2v) is 15.5. The monoisotopic (exact) mass is 733 g/mol. The molecule has 0 spiro atoms. The van der Waals surface area contributed by atoms with Crippen molar-refractivity contribution in [2.45, 2.75) is 38.0 Å². The number of hydrogen-bond donors (Lipinski definition) is 0. The molecule has 272 valence electrons. The Labute approximate surface area is 334 Å². The van der Waals surface area contributed by atoms with Crippen LogP contribution in [0.1, 0.15) is 43.6 Å². The Kier molecular flexibility index (Phi) is 8.27. The van der Waals surface area contributed by atoms with Crippen LogP contribution in [0.25, 0.3) is 33.6 Å². The molecular formula is C51H40BN5. The van der Waals surface area contributed by atoms with Crippen LogP contribution in [0.2, 0.25) is 0 Å². The molecule has 3 aliphatic rings. The smallest absolute Gasteiger partial charge is 0.252 e. The van der Waals surface area contributed by atoms with Gasteiger partial charge in [0.1, 0.15) is 0 Å². The number of rotatable bonds is 6. The van der Waals surface area contributed by atoms with Crippen LogP contribution in [0.3, 0.4) is 0 Å². The van der Waals surface area contributed by atoms with Gasteiger partial charge in [0.05, 0.1) is 0 Å². The second-order valence-electron chi connectivity index (χ2n) is 15.5. The molecule has 0 radical (unpaired) electrons. The van der Waals surface area contributed by atoms with Gasteiger partial charge in [0.15, 0.2) is 5.82 Å². The number of pyridine rings is 1. The molecule has 0 bridgehead atoms. The van der Waals surface area contributed by atoms with E-state index in [1.165, 1.54) is 87.9 Å². The number of para-hydroxylation sites is 1. The SMILES string of the molecule is c1ccc(-c2ccc3c(c2)N(c2cccc(-c4ncccn4)c2)c2cc(C4CCCCC4)cc4c2B3c2ccccc2N4c2ccc(-c3cccnc3)cc2)cc1. The predicted molar refractivity (Wildman–Crippen MR) is 236 cm³/mol. The van der Waals surface area contributed by atoms with Gasteiger partial charge in [0.25, 0.3) is 6.71 Å². The number of anilines is 6. The fraction of sp³-hybridized carbons (Fsp3) is 0.118. The molecule has 0 unspecified atom stereocenters. The van der Waals surface area contributed by atoms with E-state index in [0.29, 0.717) is 5.92 Å². The van der Waals surface area contributed by atoms with Gasteiger partial charge in [-0.05, 0) is 124 Å². The molecular weight excluding hydrogens is 693 g/mol. The maximum atomic E-state index is 4.66. The minimum absolute atomic E-state index is 0.0502. The number of fused-ring (bicyclic) bond motifs is 4. The van der Waals surface area contributed by atoms with Crippen LogP contribution in [0, 0.1) is 0 Å². The van der Waals surface area contributed by atoms with Gasteiger partial charge in [0.2, 0.25) is 0 Å². The van der Waals surface area contributed by atoms with Crippen LogP contribution in [0.4, 0.5) is 34.1 Å². The first-order chi connectivity index (χ1) is 28.3. The van der Waals surface area contributed by atoms with Crippen molar-refractivity contribution in [1.29, 1.82) is 0 Å². The summed E-state index contributed by atoms with van der Waals surface area (Å²) in [7, 11) is 0. The maximum Gasteiger partial charge on any atom is 0.252 e. The topological polar surface area (TPSA) is 45.2 Å². The lowest BCUT2D eigenvalue weighted by molar-refractivity contribution is 0.444. The highest BCUT2D eigenvalue weighted by molar-refractivity contribution is 7.00. The largest absolute Gasteiger partial charge is 0.311 e. The fourth-order valence-corrected chi connectivity index (χ4v) is 9.57. The highest BCUT2D eigenvalue weighted by Crippen LogP contribution is 2.47. The summed E-state index contributed by atoms with van der Waals surface area (Å²) < 4.78 is 0. The average Bonchev–Trinajstić information content (AvgIpc) is 3.30. The van der Waals surface area contributed by atoms with E-state index >= 15 is 0 Å². The summed E-state index contributed by atoms with van der Waals surface area (Å²) in [6.45, 7) is 0.0502. The first-order valence-corrected chi connectivity index (χ1v) is 20.2. The first kappa shape index (κ1) is 33.5. The van der Waals surface area contributed by atoms with Crippen molar-refractivity contribution in [2.24, 2.45) is 0 Å². The van der Waals surface area contributed by atoms with Crippen molar-refractivity contribution < 1.29 is 0 Å². The quantitative estimate of drug-likeness (QED) is 0.159. The van der Waals surface area contributed by atoms with Crippen molar-refractivity contribution >= 4 is 57.2 Å². The van der Waals surface area contributed by atoms with Crippen molar-refractivity contribution in [1.82, 2.24) is 15.0 Å². The Bertz CT molecular complexity index is 2730. The van der Waals surface area contributed by atoms with E-state index in [2.05, 4.69) is 164 Å². The molecule has 1 aliphatic carbocycles.